The number of nitriles is 1. The Morgan fingerprint density at radius 2 is 1.76 bits per heavy atom. The second kappa shape index (κ2) is 11.3. The molecular formula is C28H24ClF6N3O6S. The first kappa shape index (κ1) is 32.7. The number of alkyl halides is 6. The fourth-order valence-electron chi connectivity index (χ4n) is 5.22. The predicted octanol–water partition coefficient (Wildman–Crippen LogP) is 5.51. The lowest BCUT2D eigenvalue weighted by Gasteiger charge is -2.29. The molecule has 1 N–H and O–H groups in total. The summed E-state index contributed by atoms with van der Waals surface area (Å²) in [6, 6.07) is 8.97. The van der Waals surface area contributed by atoms with Crippen molar-refractivity contribution in [1.29, 1.82) is 5.26 Å². The molecule has 2 atom stereocenters. The molecule has 2 amide bonds. The van der Waals surface area contributed by atoms with Crippen LogP contribution < -0.4 is 10.1 Å². The second-order valence-corrected chi connectivity index (χ2v) is 13.8. The average Bonchev–Trinajstić information content (AvgIpc) is 3.88. The number of likely N-dealkylation sites (tertiary alicyclic amines) is 1. The van der Waals surface area contributed by atoms with E-state index in [0.717, 1.165) is 41.3 Å². The number of nitrogens with one attached hydrogen (secondary N) is 1. The van der Waals surface area contributed by atoms with Gasteiger partial charge in [0.1, 0.15) is 11.3 Å². The maximum Gasteiger partial charge on any atom is 0.422 e. The molecule has 1 aliphatic heterocycles. The first-order valence-electron chi connectivity index (χ1n) is 13.5. The molecule has 9 nitrogen and oxygen atoms in total. The molecule has 3 fully saturated rings. The van der Waals surface area contributed by atoms with Crippen molar-refractivity contribution in [3.63, 3.8) is 0 Å². The molecule has 0 spiro atoms. The Labute approximate surface area is 257 Å². The molecule has 2 aromatic carbocycles. The predicted molar refractivity (Wildman–Crippen MR) is 144 cm³/mol. The lowest BCUT2D eigenvalue weighted by atomic mass is 9.92. The van der Waals surface area contributed by atoms with Crippen molar-refractivity contribution in [2.45, 2.75) is 71.8 Å². The largest absolute Gasteiger partial charge is 0.484 e. The first-order valence-corrected chi connectivity index (χ1v) is 15.4. The summed E-state index contributed by atoms with van der Waals surface area (Å²) in [5.41, 5.74) is -3.49. The van der Waals surface area contributed by atoms with Gasteiger partial charge in [0.25, 0.3) is 0 Å². The molecule has 17 heteroatoms. The Balaban J connectivity index is 1.42. The zero-order valence-electron chi connectivity index (χ0n) is 23.0. The third kappa shape index (κ3) is 6.79. The smallest absolute Gasteiger partial charge is 0.422 e. The van der Waals surface area contributed by atoms with Crippen LogP contribution >= 0.6 is 11.6 Å². The van der Waals surface area contributed by atoms with Crippen molar-refractivity contribution in [2.24, 2.45) is 0 Å². The number of benzene rings is 2. The maximum absolute atomic E-state index is 14.0. The van der Waals surface area contributed by atoms with Crippen LogP contribution in [0.4, 0.5) is 31.1 Å². The molecule has 5 rings (SSSR count). The molecule has 2 saturated carbocycles. The Hall–Kier alpha value is -3.71. The van der Waals surface area contributed by atoms with Crippen molar-refractivity contribution in [2.75, 3.05) is 13.2 Å². The van der Waals surface area contributed by atoms with Crippen LogP contribution in [0.5, 0.6) is 5.75 Å². The van der Waals surface area contributed by atoms with Gasteiger partial charge >= 0.3 is 18.4 Å². The van der Waals surface area contributed by atoms with E-state index < -0.39 is 91.7 Å². The molecule has 1 heterocycles. The Bertz CT molecular complexity index is 1670. The summed E-state index contributed by atoms with van der Waals surface area (Å²) < 4.78 is 115. The minimum Gasteiger partial charge on any atom is -0.484 e. The summed E-state index contributed by atoms with van der Waals surface area (Å²) in [6.45, 7) is -2.18. The van der Waals surface area contributed by atoms with Crippen LogP contribution in [0.2, 0.25) is 5.02 Å². The van der Waals surface area contributed by atoms with E-state index in [9.17, 15) is 49.6 Å². The summed E-state index contributed by atoms with van der Waals surface area (Å²) in [6.07, 6.45) is -11.4. The van der Waals surface area contributed by atoms with Crippen LogP contribution in [0.3, 0.4) is 0 Å². The van der Waals surface area contributed by atoms with Crippen LogP contribution in [-0.2, 0) is 31.0 Å². The number of sulfone groups is 1. The van der Waals surface area contributed by atoms with Crippen LogP contribution in [0.15, 0.2) is 47.4 Å². The van der Waals surface area contributed by atoms with E-state index in [1.54, 1.807) is 0 Å². The summed E-state index contributed by atoms with van der Waals surface area (Å²) in [4.78, 5) is 27.2. The third-order valence-electron chi connectivity index (χ3n) is 7.97. The number of carbonyl (C=O) groups is 2. The topological polar surface area (TPSA) is 126 Å². The maximum atomic E-state index is 14.0. The number of ether oxygens (including phenoxy) is 2. The monoisotopic (exact) mass is 679 g/mol. The van der Waals surface area contributed by atoms with E-state index in [2.05, 4.69) is 10.1 Å². The van der Waals surface area contributed by atoms with E-state index in [1.807, 2.05) is 6.07 Å². The average molecular weight is 680 g/mol. The number of nitrogens with zero attached hydrogens (tertiary/aromatic N) is 2. The van der Waals surface area contributed by atoms with Crippen LogP contribution in [0, 0.1) is 11.3 Å². The highest BCUT2D eigenvalue weighted by atomic mass is 35.5. The van der Waals surface area contributed by atoms with Crippen molar-refractivity contribution in [3.8, 4) is 11.8 Å². The third-order valence-corrected chi connectivity index (χ3v) is 10.6. The molecule has 0 radical (unpaired) electrons. The van der Waals surface area contributed by atoms with Gasteiger partial charge in [0.05, 0.1) is 32.2 Å². The van der Waals surface area contributed by atoms with Gasteiger partial charge in [-0.1, -0.05) is 29.8 Å². The number of carbonyl (C=O) groups excluding carboxylic acids is 2. The molecule has 242 valence electrons. The molecule has 2 aliphatic carbocycles. The molecular weight excluding hydrogens is 656 g/mol. The van der Waals surface area contributed by atoms with E-state index >= 15 is 0 Å². The summed E-state index contributed by atoms with van der Waals surface area (Å²) in [5, 5.41) is 9.80. The quantitative estimate of drug-likeness (QED) is 0.365. The zero-order valence-corrected chi connectivity index (χ0v) is 24.6. The zero-order chi connectivity index (χ0) is 33.0. The van der Waals surface area contributed by atoms with Crippen molar-refractivity contribution in [1.82, 2.24) is 10.2 Å². The van der Waals surface area contributed by atoms with Gasteiger partial charge in [-0.15, -0.1) is 0 Å². The SMILES string of the molecule is N#CC1(NC(=O)O[C@H]2C[C@@H](S(=O)(=O)c3ccc(OCC(F)(F)F)cc3Cl)CN2C(=O)C2(c3cccc(C(F)(F)F)c3)CC2)CC1. The minimum atomic E-state index is -4.68. The van der Waals surface area contributed by atoms with E-state index in [1.165, 1.54) is 6.07 Å². The number of halogens is 7. The van der Waals surface area contributed by atoms with E-state index in [0.29, 0.717) is 12.8 Å². The van der Waals surface area contributed by atoms with Gasteiger partial charge in [0.2, 0.25) is 5.91 Å². The Kier molecular flexibility index (Phi) is 8.18. The number of rotatable bonds is 8. The second-order valence-electron chi connectivity index (χ2n) is 11.2. The fourth-order valence-corrected chi connectivity index (χ4v) is 7.43. The number of amides is 2. The highest BCUT2D eigenvalue weighted by Crippen LogP contribution is 2.52. The summed E-state index contributed by atoms with van der Waals surface area (Å²) in [7, 11) is -4.42. The van der Waals surface area contributed by atoms with Crippen molar-refractivity contribution >= 4 is 33.4 Å². The molecule has 0 aromatic heterocycles. The van der Waals surface area contributed by atoms with Gasteiger partial charge in [0.15, 0.2) is 22.7 Å². The molecule has 0 unspecified atom stereocenters. The van der Waals surface area contributed by atoms with Crippen molar-refractivity contribution < 1.29 is 53.8 Å². The van der Waals surface area contributed by atoms with Gasteiger partial charge in [-0.25, -0.2) is 13.2 Å². The van der Waals surface area contributed by atoms with Crippen LogP contribution in [-0.4, -0.2) is 61.7 Å². The van der Waals surface area contributed by atoms with Crippen molar-refractivity contribution in [3.05, 3.63) is 58.6 Å². The highest BCUT2D eigenvalue weighted by molar-refractivity contribution is 7.92. The van der Waals surface area contributed by atoms with E-state index in [4.69, 9.17) is 16.3 Å². The van der Waals surface area contributed by atoms with Gasteiger partial charge in [-0.05, 0) is 49.4 Å². The molecule has 1 saturated heterocycles. The lowest BCUT2D eigenvalue weighted by molar-refractivity contribution is -0.153. The molecule has 2 aromatic rings. The summed E-state index contributed by atoms with van der Waals surface area (Å²) in [5.74, 6) is -1.10. The number of hydrogen-bond donors (Lipinski definition) is 1. The first-order chi connectivity index (χ1) is 20.9. The highest BCUT2D eigenvalue weighted by Gasteiger charge is 2.57. The van der Waals surface area contributed by atoms with E-state index in [-0.39, 0.29) is 24.2 Å². The standard InChI is InChI=1S/C28H24ClF6N3O6S/c29-20-11-18(43-15-27(30,31)32)4-5-21(20)45(41,42)19-12-22(44-24(40)37-25(14-36)6-7-25)38(13-19)23(39)26(8-9-26)16-2-1-3-17(10-16)28(33,34)35/h1-5,10-11,19,22H,6-9,12-13,15H2,(H,37,40)/t19-,22+/m1/s1. The van der Waals surface area contributed by atoms with Crippen LogP contribution in [0.25, 0.3) is 0 Å². The van der Waals surface area contributed by atoms with Crippen LogP contribution in [0.1, 0.15) is 43.2 Å². The van der Waals surface area contributed by atoms with Gasteiger partial charge in [0, 0.05) is 19.0 Å². The number of alkyl carbamates (subject to hydrolysis) is 1. The Morgan fingerprint density at radius 1 is 1.07 bits per heavy atom. The Morgan fingerprint density at radius 3 is 2.31 bits per heavy atom. The normalized spacial score (nSPS) is 21.9. The molecule has 3 aliphatic rings. The lowest BCUT2D eigenvalue weighted by Crippen LogP contribution is -2.47. The summed E-state index contributed by atoms with van der Waals surface area (Å²) >= 11 is 6.13. The van der Waals surface area contributed by atoms with Gasteiger partial charge < -0.3 is 19.7 Å². The van der Waals surface area contributed by atoms with Gasteiger partial charge in [-0.3, -0.25) is 4.79 Å². The van der Waals surface area contributed by atoms with Gasteiger partial charge in [-0.2, -0.15) is 31.6 Å². The minimum absolute atomic E-state index is 0.0655. The fraction of sp³-hybridized carbons (Fsp3) is 0.464. The number of hydrogen-bond acceptors (Lipinski definition) is 7. The molecule has 0 bridgehead atoms. The molecule has 45 heavy (non-hydrogen) atoms.